The molecule has 1 N–H and O–H groups in total. The third-order valence-electron chi connectivity index (χ3n) is 3.70. The predicted molar refractivity (Wildman–Crippen MR) is 80.8 cm³/mol. The van der Waals surface area contributed by atoms with Crippen molar-refractivity contribution in [1.29, 1.82) is 0 Å². The number of carbonyl (C=O) groups excluding carboxylic acids is 1. The van der Waals surface area contributed by atoms with Crippen LogP contribution in [0.25, 0.3) is 0 Å². The van der Waals surface area contributed by atoms with Crippen molar-refractivity contribution in [3.63, 3.8) is 0 Å². The van der Waals surface area contributed by atoms with E-state index in [1.54, 1.807) is 0 Å². The third-order valence-corrected chi connectivity index (χ3v) is 3.70. The standard InChI is InChI=1S/C17H25NO2/c1-17(2,3)20-16(19)18-15-12-8-7-11-14(15)13-9-5-4-6-10-13/h4-6,9-10,14-15H,7-8,11-12H2,1-3H3,(H,18,19)/t14-,15+/m1/s1. The van der Waals surface area contributed by atoms with E-state index >= 15 is 0 Å². The van der Waals surface area contributed by atoms with Gasteiger partial charge in [0.25, 0.3) is 0 Å². The van der Waals surface area contributed by atoms with Gasteiger partial charge in [-0.2, -0.15) is 0 Å². The van der Waals surface area contributed by atoms with Gasteiger partial charge in [-0.15, -0.1) is 0 Å². The highest BCUT2D eigenvalue weighted by molar-refractivity contribution is 5.68. The predicted octanol–water partition coefficient (Wildman–Crippen LogP) is 4.24. The molecule has 1 fully saturated rings. The molecule has 1 aromatic rings. The van der Waals surface area contributed by atoms with Crippen LogP contribution in [0.3, 0.4) is 0 Å². The maximum absolute atomic E-state index is 12.0. The summed E-state index contributed by atoms with van der Waals surface area (Å²) in [5.74, 6) is 0.400. The second-order valence-corrected chi connectivity index (χ2v) is 6.55. The monoisotopic (exact) mass is 275 g/mol. The lowest BCUT2D eigenvalue weighted by atomic mass is 9.80. The summed E-state index contributed by atoms with van der Waals surface area (Å²) in [5.41, 5.74) is 0.870. The number of rotatable bonds is 2. The van der Waals surface area contributed by atoms with E-state index in [1.165, 1.54) is 18.4 Å². The minimum atomic E-state index is -0.443. The first kappa shape index (κ1) is 14.9. The quantitative estimate of drug-likeness (QED) is 0.876. The van der Waals surface area contributed by atoms with Crippen LogP contribution < -0.4 is 5.32 Å². The molecule has 0 radical (unpaired) electrons. The van der Waals surface area contributed by atoms with Crippen molar-refractivity contribution < 1.29 is 9.53 Å². The Bertz CT molecular complexity index is 436. The number of nitrogens with one attached hydrogen (secondary N) is 1. The molecule has 3 nitrogen and oxygen atoms in total. The fourth-order valence-corrected chi connectivity index (χ4v) is 2.86. The van der Waals surface area contributed by atoms with Gasteiger partial charge in [-0.3, -0.25) is 0 Å². The lowest BCUT2D eigenvalue weighted by molar-refractivity contribution is 0.0485. The Hall–Kier alpha value is -1.51. The molecule has 2 rings (SSSR count). The largest absolute Gasteiger partial charge is 0.444 e. The van der Waals surface area contributed by atoms with Gasteiger partial charge in [0.05, 0.1) is 0 Å². The van der Waals surface area contributed by atoms with E-state index in [0.717, 1.165) is 12.8 Å². The highest BCUT2D eigenvalue weighted by Crippen LogP contribution is 2.33. The number of ether oxygens (including phenoxy) is 1. The summed E-state index contributed by atoms with van der Waals surface area (Å²) in [4.78, 5) is 12.0. The maximum atomic E-state index is 12.0. The van der Waals surface area contributed by atoms with Crippen LogP contribution in [-0.2, 0) is 4.74 Å². The minimum absolute atomic E-state index is 0.181. The van der Waals surface area contributed by atoms with Crippen LogP contribution in [0.1, 0.15) is 57.9 Å². The summed E-state index contributed by atoms with van der Waals surface area (Å²) in [7, 11) is 0. The molecule has 110 valence electrons. The minimum Gasteiger partial charge on any atom is -0.444 e. The summed E-state index contributed by atoms with van der Waals surface area (Å²) in [5, 5.41) is 3.06. The SMILES string of the molecule is CC(C)(C)OC(=O)N[C@H]1CCCC[C@@H]1c1ccccc1. The molecule has 0 bridgehead atoms. The maximum Gasteiger partial charge on any atom is 0.407 e. The van der Waals surface area contributed by atoms with E-state index < -0.39 is 5.60 Å². The van der Waals surface area contributed by atoms with Gasteiger partial charge < -0.3 is 10.1 Å². The lowest BCUT2D eigenvalue weighted by Gasteiger charge is -2.33. The fraction of sp³-hybridized carbons (Fsp3) is 0.588. The molecule has 20 heavy (non-hydrogen) atoms. The molecule has 1 saturated carbocycles. The molecule has 1 aliphatic rings. The Morgan fingerprint density at radius 2 is 1.80 bits per heavy atom. The molecule has 0 spiro atoms. The van der Waals surface area contributed by atoms with Crippen molar-refractivity contribution in [2.45, 2.75) is 64.0 Å². The highest BCUT2D eigenvalue weighted by atomic mass is 16.6. The van der Waals surface area contributed by atoms with Crippen LogP contribution in [0.4, 0.5) is 4.79 Å². The zero-order chi connectivity index (χ0) is 14.6. The van der Waals surface area contributed by atoms with E-state index in [2.05, 4.69) is 29.6 Å². The summed E-state index contributed by atoms with van der Waals surface area (Å²) >= 11 is 0. The Labute approximate surface area is 121 Å². The van der Waals surface area contributed by atoms with Gasteiger partial charge in [0.1, 0.15) is 5.60 Å². The van der Waals surface area contributed by atoms with Crippen molar-refractivity contribution in [3.8, 4) is 0 Å². The van der Waals surface area contributed by atoms with Crippen LogP contribution >= 0.6 is 0 Å². The first-order chi connectivity index (χ1) is 9.46. The Morgan fingerprint density at radius 1 is 1.15 bits per heavy atom. The summed E-state index contributed by atoms with van der Waals surface area (Å²) in [6.07, 6.45) is 4.25. The molecular formula is C17H25NO2. The molecule has 2 atom stereocenters. The van der Waals surface area contributed by atoms with Crippen molar-refractivity contribution in [2.75, 3.05) is 0 Å². The average Bonchev–Trinajstić information content (AvgIpc) is 2.38. The first-order valence-electron chi connectivity index (χ1n) is 7.50. The van der Waals surface area contributed by atoms with Gasteiger partial charge in [-0.05, 0) is 39.2 Å². The van der Waals surface area contributed by atoms with E-state index in [0.29, 0.717) is 5.92 Å². The van der Waals surface area contributed by atoms with Crippen LogP contribution in [0.5, 0.6) is 0 Å². The molecule has 1 aromatic carbocycles. The lowest BCUT2D eigenvalue weighted by Crippen LogP contribution is -2.43. The number of benzene rings is 1. The number of carbonyl (C=O) groups is 1. The van der Waals surface area contributed by atoms with Gasteiger partial charge in [-0.25, -0.2) is 4.79 Å². The van der Waals surface area contributed by atoms with E-state index in [9.17, 15) is 4.79 Å². The van der Waals surface area contributed by atoms with Crippen LogP contribution in [0, 0.1) is 0 Å². The number of amides is 1. The normalized spacial score (nSPS) is 23.1. The van der Waals surface area contributed by atoms with Gasteiger partial charge >= 0.3 is 6.09 Å². The van der Waals surface area contributed by atoms with Gasteiger partial charge in [0, 0.05) is 12.0 Å². The molecule has 1 amide bonds. The highest BCUT2D eigenvalue weighted by Gasteiger charge is 2.29. The van der Waals surface area contributed by atoms with Gasteiger partial charge in [-0.1, -0.05) is 43.2 Å². The second-order valence-electron chi connectivity index (χ2n) is 6.55. The third kappa shape index (κ3) is 4.26. The summed E-state index contributed by atoms with van der Waals surface area (Å²) in [6.45, 7) is 5.67. The molecule has 0 heterocycles. The molecule has 0 aliphatic heterocycles. The second kappa shape index (κ2) is 6.29. The molecular weight excluding hydrogens is 250 g/mol. The van der Waals surface area contributed by atoms with Crippen LogP contribution in [0.2, 0.25) is 0 Å². The molecule has 0 aromatic heterocycles. The van der Waals surface area contributed by atoms with Gasteiger partial charge in [0.15, 0.2) is 0 Å². The Kier molecular flexibility index (Phi) is 4.69. The smallest absolute Gasteiger partial charge is 0.407 e. The molecule has 3 heteroatoms. The number of hydrogen-bond acceptors (Lipinski definition) is 2. The van der Waals surface area contributed by atoms with E-state index in [-0.39, 0.29) is 12.1 Å². The summed E-state index contributed by atoms with van der Waals surface area (Å²) < 4.78 is 5.37. The fourth-order valence-electron chi connectivity index (χ4n) is 2.86. The average molecular weight is 275 g/mol. The zero-order valence-corrected chi connectivity index (χ0v) is 12.7. The van der Waals surface area contributed by atoms with Crippen LogP contribution in [-0.4, -0.2) is 17.7 Å². The van der Waals surface area contributed by atoms with Crippen molar-refractivity contribution in [3.05, 3.63) is 35.9 Å². The number of alkyl carbamates (subject to hydrolysis) is 1. The first-order valence-corrected chi connectivity index (χ1v) is 7.50. The van der Waals surface area contributed by atoms with E-state index in [4.69, 9.17) is 4.74 Å². The molecule has 1 aliphatic carbocycles. The molecule has 0 saturated heterocycles. The van der Waals surface area contributed by atoms with Crippen molar-refractivity contribution in [1.82, 2.24) is 5.32 Å². The molecule has 0 unspecified atom stereocenters. The van der Waals surface area contributed by atoms with Crippen molar-refractivity contribution in [2.24, 2.45) is 0 Å². The zero-order valence-electron chi connectivity index (χ0n) is 12.7. The number of hydrogen-bond donors (Lipinski definition) is 1. The van der Waals surface area contributed by atoms with Crippen LogP contribution in [0.15, 0.2) is 30.3 Å². The van der Waals surface area contributed by atoms with Crippen molar-refractivity contribution >= 4 is 6.09 Å². The summed E-state index contributed by atoms with van der Waals surface area (Å²) in [6, 6.07) is 10.6. The Balaban J connectivity index is 2.03. The van der Waals surface area contributed by atoms with E-state index in [1.807, 2.05) is 26.8 Å². The van der Waals surface area contributed by atoms with Gasteiger partial charge in [0.2, 0.25) is 0 Å². The topological polar surface area (TPSA) is 38.3 Å². The Morgan fingerprint density at radius 3 is 2.45 bits per heavy atom.